The molecule has 0 saturated carbocycles. The maximum atomic E-state index is 12.1. The van der Waals surface area contributed by atoms with Crippen LogP contribution in [0.5, 0.6) is 5.75 Å². The summed E-state index contributed by atoms with van der Waals surface area (Å²) in [5, 5.41) is 0. The second-order valence-corrected chi connectivity index (χ2v) is 4.19. The van der Waals surface area contributed by atoms with Gasteiger partial charge >= 0.3 is 0 Å². The Hall–Kier alpha value is -1.26. The molecule has 0 aliphatic carbocycles. The molecule has 0 aromatic heterocycles. The Morgan fingerprint density at radius 3 is 2.83 bits per heavy atom. The number of hydrogen-bond acceptors (Lipinski definition) is 3. The van der Waals surface area contributed by atoms with E-state index in [1.165, 1.54) is 0 Å². The zero-order valence-corrected chi connectivity index (χ0v) is 11.5. The van der Waals surface area contributed by atoms with E-state index in [0.717, 1.165) is 23.4 Å². The highest BCUT2D eigenvalue weighted by molar-refractivity contribution is 5.98. The molecule has 1 aliphatic heterocycles. The van der Waals surface area contributed by atoms with Crippen LogP contribution in [0.25, 0.3) is 0 Å². The number of methoxy groups -OCH3 is 1. The van der Waals surface area contributed by atoms with Crippen molar-refractivity contribution in [3.8, 4) is 5.75 Å². The lowest BCUT2D eigenvalue weighted by molar-refractivity contribution is -0.119. The molecule has 1 unspecified atom stereocenters. The molecule has 0 bridgehead atoms. The molecule has 1 amide bonds. The topological polar surface area (TPSA) is 55.6 Å². The summed E-state index contributed by atoms with van der Waals surface area (Å²) < 4.78 is 5.35. The van der Waals surface area contributed by atoms with Crippen molar-refractivity contribution in [2.45, 2.75) is 25.8 Å². The average molecular weight is 271 g/mol. The normalized spacial score (nSPS) is 18.7. The Morgan fingerprint density at radius 2 is 2.22 bits per heavy atom. The highest BCUT2D eigenvalue weighted by Gasteiger charge is 2.28. The molecule has 5 heteroatoms. The Bertz CT molecular complexity index is 437. The van der Waals surface area contributed by atoms with Crippen LogP contribution >= 0.6 is 12.4 Å². The van der Waals surface area contributed by atoms with Gasteiger partial charge in [0, 0.05) is 12.1 Å². The van der Waals surface area contributed by atoms with Crippen LogP contribution in [0.1, 0.15) is 18.9 Å². The largest absolute Gasteiger partial charge is 0.496 e. The van der Waals surface area contributed by atoms with E-state index >= 15 is 0 Å². The van der Waals surface area contributed by atoms with Crippen LogP contribution in [0.2, 0.25) is 0 Å². The summed E-state index contributed by atoms with van der Waals surface area (Å²) >= 11 is 0. The number of rotatable bonds is 2. The van der Waals surface area contributed by atoms with Crippen molar-refractivity contribution in [3.63, 3.8) is 0 Å². The van der Waals surface area contributed by atoms with Crippen LogP contribution < -0.4 is 15.4 Å². The Balaban J connectivity index is 0.00000162. The van der Waals surface area contributed by atoms with Crippen molar-refractivity contribution < 1.29 is 9.53 Å². The fourth-order valence-corrected chi connectivity index (χ4v) is 2.32. The molecule has 1 aromatic rings. The zero-order chi connectivity index (χ0) is 12.4. The van der Waals surface area contributed by atoms with Crippen LogP contribution in [0.3, 0.4) is 0 Å². The van der Waals surface area contributed by atoms with E-state index < -0.39 is 6.04 Å². The first kappa shape index (κ1) is 14.8. The van der Waals surface area contributed by atoms with Gasteiger partial charge in [-0.2, -0.15) is 0 Å². The van der Waals surface area contributed by atoms with Gasteiger partial charge in [-0.05, 0) is 31.9 Å². The van der Waals surface area contributed by atoms with Gasteiger partial charge in [-0.3, -0.25) is 4.79 Å². The van der Waals surface area contributed by atoms with Crippen LogP contribution in [0, 0.1) is 0 Å². The number of nitrogens with zero attached hydrogens (tertiary/aromatic N) is 1. The Morgan fingerprint density at radius 1 is 1.50 bits per heavy atom. The van der Waals surface area contributed by atoms with E-state index in [-0.39, 0.29) is 18.3 Å². The van der Waals surface area contributed by atoms with Crippen LogP contribution in [-0.4, -0.2) is 25.6 Å². The van der Waals surface area contributed by atoms with Gasteiger partial charge in [0.1, 0.15) is 5.75 Å². The van der Waals surface area contributed by atoms with Crippen molar-refractivity contribution in [2.75, 3.05) is 18.6 Å². The monoisotopic (exact) mass is 270 g/mol. The van der Waals surface area contributed by atoms with Crippen LogP contribution in [-0.2, 0) is 11.2 Å². The van der Waals surface area contributed by atoms with Gasteiger partial charge in [0.25, 0.3) is 0 Å². The number of carbonyl (C=O) groups is 1. The van der Waals surface area contributed by atoms with Crippen molar-refractivity contribution in [2.24, 2.45) is 5.73 Å². The third-order valence-corrected chi connectivity index (χ3v) is 3.22. The summed E-state index contributed by atoms with van der Waals surface area (Å²) in [6, 6.07) is 5.38. The number of anilines is 1. The number of carbonyl (C=O) groups excluding carboxylic acids is 1. The van der Waals surface area contributed by atoms with Gasteiger partial charge < -0.3 is 15.4 Å². The third-order valence-electron chi connectivity index (χ3n) is 3.22. The molecule has 18 heavy (non-hydrogen) atoms. The van der Waals surface area contributed by atoms with Gasteiger partial charge in [-0.15, -0.1) is 12.4 Å². The van der Waals surface area contributed by atoms with Crippen molar-refractivity contribution in [1.82, 2.24) is 0 Å². The summed E-state index contributed by atoms with van der Waals surface area (Å²) in [4.78, 5) is 13.8. The van der Waals surface area contributed by atoms with E-state index in [0.29, 0.717) is 13.0 Å². The van der Waals surface area contributed by atoms with Crippen LogP contribution in [0.15, 0.2) is 18.2 Å². The summed E-state index contributed by atoms with van der Waals surface area (Å²) in [5.41, 5.74) is 7.90. The van der Waals surface area contributed by atoms with Crippen molar-refractivity contribution >= 4 is 24.0 Å². The van der Waals surface area contributed by atoms with E-state index in [1.54, 1.807) is 12.0 Å². The fraction of sp³-hybridized carbons (Fsp3) is 0.462. The Labute approximate surface area is 114 Å². The first-order chi connectivity index (χ1) is 8.19. The van der Waals surface area contributed by atoms with Gasteiger partial charge in [0.15, 0.2) is 0 Å². The summed E-state index contributed by atoms with van der Waals surface area (Å²) in [7, 11) is 1.65. The molecule has 4 nitrogen and oxygen atoms in total. The van der Waals surface area contributed by atoms with Gasteiger partial charge in [0.2, 0.25) is 5.91 Å². The number of halogens is 1. The maximum Gasteiger partial charge on any atom is 0.243 e. The highest BCUT2D eigenvalue weighted by atomic mass is 35.5. The molecule has 1 heterocycles. The van der Waals surface area contributed by atoms with E-state index in [1.807, 2.05) is 25.1 Å². The molecule has 2 rings (SSSR count). The number of benzene rings is 1. The standard InChI is InChI=1S/C13H18N2O2.ClH/c1-3-15-11-5-4-6-12(17-2)9(11)7-8-10(14)13(15)16;/h4-6,10H,3,7-8,14H2,1-2H3;1H. The smallest absolute Gasteiger partial charge is 0.243 e. The predicted molar refractivity (Wildman–Crippen MR) is 74.6 cm³/mol. The molecule has 2 N–H and O–H groups in total. The molecule has 0 fully saturated rings. The maximum absolute atomic E-state index is 12.1. The number of nitrogens with two attached hydrogens (primary N) is 1. The minimum atomic E-state index is -0.410. The summed E-state index contributed by atoms with van der Waals surface area (Å²) in [5.74, 6) is 0.836. The fourth-order valence-electron chi connectivity index (χ4n) is 2.32. The zero-order valence-electron chi connectivity index (χ0n) is 10.7. The van der Waals surface area contributed by atoms with Crippen LogP contribution in [0.4, 0.5) is 5.69 Å². The molecule has 0 radical (unpaired) electrons. The lowest BCUT2D eigenvalue weighted by atomic mass is 10.1. The average Bonchev–Trinajstić information content (AvgIpc) is 2.47. The lowest BCUT2D eigenvalue weighted by Crippen LogP contribution is -2.42. The highest BCUT2D eigenvalue weighted by Crippen LogP contribution is 2.33. The molecular formula is C13H19ClN2O2. The number of fused-ring (bicyclic) bond motifs is 1. The van der Waals surface area contributed by atoms with Gasteiger partial charge in [0.05, 0.1) is 18.8 Å². The summed E-state index contributed by atoms with van der Waals surface area (Å²) in [6.45, 7) is 2.59. The minimum absolute atomic E-state index is 0. The minimum Gasteiger partial charge on any atom is -0.496 e. The van der Waals surface area contributed by atoms with E-state index in [2.05, 4.69) is 0 Å². The quantitative estimate of drug-likeness (QED) is 0.891. The number of likely N-dealkylation sites (N-methyl/N-ethyl adjacent to an activating group) is 1. The molecule has 100 valence electrons. The number of ether oxygens (including phenoxy) is 1. The molecule has 1 aromatic carbocycles. The number of hydrogen-bond donors (Lipinski definition) is 1. The molecular weight excluding hydrogens is 252 g/mol. The molecule has 1 atom stereocenters. The summed E-state index contributed by atoms with van der Waals surface area (Å²) in [6.07, 6.45) is 1.45. The lowest BCUT2D eigenvalue weighted by Gasteiger charge is -2.23. The van der Waals surface area contributed by atoms with Crippen molar-refractivity contribution in [1.29, 1.82) is 0 Å². The molecule has 1 aliphatic rings. The first-order valence-corrected chi connectivity index (χ1v) is 5.91. The van der Waals surface area contributed by atoms with Crippen molar-refractivity contribution in [3.05, 3.63) is 23.8 Å². The number of amides is 1. The first-order valence-electron chi connectivity index (χ1n) is 5.91. The molecule has 0 spiro atoms. The van der Waals surface area contributed by atoms with E-state index in [9.17, 15) is 4.79 Å². The Kier molecular flexibility index (Phi) is 4.99. The van der Waals surface area contributed by atoms with E-state index in [4.69, 9.17) is 10.5 Å². The predicted octanol–water partition coefficient (Wildman–Crippen LogP) is 1.74. The third kappa shape index (κ3) is 2.44. The molecule has 0 saturated heterocycles. The SMILES string of the molecule is CCN1C(=O)C(N)CCc2c(OC)cccc21.Cl. The van der Waals surface area contributed by atoms with Gasteiger partial charge in [-0.25, -0.2) is 0 Å². The van der Waals surface area contributed by atoms with Gasteiger partial charge in [-0.1, -0.05) is 6.07 Å². The second-order valence-electron chi connectivity index (χ2n) is 4.19. The second kappa shape index (κ2) is 6.07.